The minimum atomic E-state index is -4.43. The van der Waals surface area contributed by atoms with E-state index in [0.29, 0.717) is 17.8 Å². The Kier molecular flexibility index (Phi) is 3.90. The third kappa shape index (κ3) is 3.02. The largest absolute Gasteiger partial charge is 0.416 e. The van der Waals surface area contributed by atoms with Crippen LogP contribution in [0.15, 0.2) is 24.3 Å². The van der Waals surface area contributed by atoms with Gasteiger partial charge in [0.2, 0.25) is 5.82 Å². The molecule has 5 nitrogen and oxygen atoms in total. The van der Waals surface area contributed by atoms with Crippen molar-refractivity contribution in [3.05, 3.63) is 29.8 Å². The van der Waals surface area contributed by atoms with E-state index in [4.69, 9.17) is 0 Å². The zero-order chi connectivity index (χ0) is 19.5. The van der Waals surface area contributed by atoms with E-state index in [2.05, 4.69) is 15.4 Å². The maximum atomic E-state index is 13.1. The van der Waals surface area contributed by atoms with Crippen molar-refractivity contribution in [2.24, 2.45) is 23.2 Å². The molecule has 0 saturated heterocycles. The number of hydrogen-bond acceptors (Lipinski definition) is 4. The minimum Gasteiger partial charge on any atom is -0.297 e. The van der Waals surface area contributed by atoms with Crippen LogP contribution in [0.25, 0.3) is 11.4 Å². The van der Waals surface area contributed by atoms with Gasteiger partial charge in [-0.05, 0) is 73.6 Å². The van der Waals surface area contributed by atoms with E-state index < -0.39 is 11.7 Å². The van der Waals surface area contributed by atoms with Gasteiger partial charge in [-0.25, -0.2) is 0 Å². The fraction of sp³-hybridized carbons (Fsp3) is 0.600. The van der Waals surface area contributed by atoms with Crippen molar-refractivity contribution in [3.63, 3.8) is 0 Å². The molecular weight excluding hydrogens is 369 g/mol. The molecule has 0 atom stereocenters. The van der Waals surface area contributed by atoms with Crippen molar-refractivity contribution in [2.45, 2.75) is 51.2 Å². The number of aromatic nitrogens is 4. The Morgan fingerprint density at radius 3 is 2.36 bits per heavy atom. The van der Waals surface area contributed by atoms with Crippen LogP contribution in [-0.2, 0) is 17.5 Å². The fourth-order valence-electron chi connectivity index (χ4n) is 6.01. The molecule has 0 amide bonds. The van der Waals surface area contributed by atoms with E-state index in [-0.39, 0.29) is 29.1 Å². The van der Waals surface area contributed by atoms with Crippen molar-refractivity contribution < 1.29 is 18.0 Å². The second kappa shape index (κ2) is 6.12. The molecule has 4 bridgehead atoms. The predicted molar refractivity (Wildman–Crippen MR) is 93.9 cm³/mol. The molecule has 1 heterocycles. The Balaban J connectivity index is 1.34. The lowest BCUT2D eigenvalue weighted by Crippen LogP contribution is -2.50. The van der Waals surface area contributed by atoms with Crippen molar-refractivity contribution in [3.8, 4) is 11.4 Å². The quantitative estimate of drug-likeness (QED) is 0.787. The number of carbonyl (C=O) groups excluding carboxylic acids is 1. The van der Waals surface area contributed by atoms with Gasteiger partial charge >= 0.3 is 6.18 Å². The van der Waals surface area contributed by atoms with Gasteiger partial charge in [-0.1, -0.05) is 12.1 Å². The Bertz CT molecular complexity index is 885. The molecule has 1 aromatic heterocycles. The van der Waals surface area contributed by atoms with Gasteiger partial charge in [-0.3, -0.25) is 4.79 Å². The highest BCUT2D eigenvalue weighted by Crippen LogP contribution is 2.60. The topological polar surface area (TPSA) is 60.7 Å². The number of alkyl halides is 3. The van der Waals surface area contributed by atoms with Crippen LogP contribution in [0.1, 0.15) is 44.1 Å². The maximum Gasteiger partial charge on any atom is 0.416 e. The van der Waals surface area contributed by atoms with Crippen molar-refractivity contribution >= 4 is 5.78 Å². The van der Waals surface area contributed by atoms with Gasteiger partial charge in [0.15, 0.2) is 5.78 Å². The third-order valence-electron chi connectivity index (χ3n) is 6.82. The number of rotatable bonds is 4. The highest BCUT2D eigenvalue weighted by molar-refractivity contribution is 5.85. The highest BCUT2D eigenvalue weighted by atomic mass is 19.4. The molecule has 4 aliphatic carbocycles. The smallest absolute Gasteiger partial charge is 0.297 e. The molecule has 148 valence electrons. The fourth-order valence-corrected chi connectivity index (χ4v) is 6.01. The first-order chi connectivity index (χ1) is 13.3. The van der Waals surface area contributed by atoms with Gasteiger partial charge in [0.25, 0.3) is 0 Å². The van der Waals surface area contributed by atoms with E-state index >= 15 is 0 Å². The van der Waals surface area contributed by atoms with Crippen molar-refractivity contribution in [1.82, 2.24) is 20.2 Å². The highest BCUT2D eigenvalue weighted by Gasteiger charge is 2.54. The van der Waals surface area contributed by atoms with Gasteiger partial charge in [0.1, 0.15) is 6.54 Å². The molecular formula is C20H21F3N4O. The van der Waals surface area contributed by atoms with E-state index in [1.807, 2.05) is 0 Å². The lowest BCUT2D eigenvalue weighted by Gasteiger charge is -2.55. The van der Waals surface area contributed by atoms with Crippen LogP contribution >= 0.6 is 0 Å². The molecule has 28 heavy (non-hydrogen) atoms. The molecule has 0 aliphatic heterocycles. The zero-order valence-electron chi connectivity index (χ0n) is 15.3. The number of halogens is 3. The molecule has 0 radical (unpaired) electrons. The zero-order valence-corrected chi connectivity index (χ0v) is 15.3. The van der Waals surface area contributed by atoms with Crippen LogP contribution in [0.5, 0.6) is 0 Å². The molecule has 4 saturated carbocycles. The summed E-state index contributed by atoms with van der Waals surface area (Å²) in [5.74, 6) is 2.25. The Morgan fingerprint density at radius 1 is 1.11 bits per heavy atom. The molecule has 0 N–H and O–H groups in total. The first-order valence-electron chi connectivity index (χ1n) is 9.79. The molecule has 8 heteroatoms. The van der Waals surface area contributed by atoms with Crippen LogP contribution < -0.4 is 0 Å². The number of ketones is 1. The summed E-state index contributed by atoms with van der Waals surface area (Å²) in [6.45, 7) is 0.0398. The van der Waals surface area contributed by atoms with Crippen LogP contribution in [-0.4, -0.2) is 26.0 Å². The van der Waals surface area contributed by atoms with E-state index in [1.165, 1.54) is 36.2 Å². The normalized spacial score (nSPS) is 31.3. The number of hydrogen-bond donors (Lipinski definition) is 0. The molecule has 4 aliphatic rings. The first kappa shape index (κ1) is 17.8. The number of benzene rings is 1. The number of nitrogens with zero attached hydrogens (tertiary/aromatic N) is 4. The number of Topliss-reactive ketones (excluding diaryl/α,β-unsaturated/α-hetero) is 1. The van der Waals surface area contributed by atoms with E-state index in [9.17, 15) is 18.0 Å². The molecule has 2 aromatic rings. The third-order valence-corrected chi connectivity index (χ3v) is 6.82. The SMILES string of the molecule is O=C(Cn1nnc(-c2cccc(C(F)(F)F)c2)n1)C12CC3CC(CC(C3)C1)C2. The average Bonchev–Trinajstić information content (AvgIpc) is 3.08. The van der Waals surface area contributed by atoms with E-state index in [0.717, 1.165) is 31.4 Å². The molecule has 6 rings (SSSR count). The average molecular weight is 390 g/mol. The summed E-state index contributed by atoms with van der Waals surface area (Å²) in [4.78, 5) is 14.4. The molecule has 4 fully saturated rings. The van der Waals surface area contributed by atoms with Crippen molar-refractivity contribution in [1.29, 1.82) is 0 Å². The van der Waals surface area contributed by atoms with Gasteiger partial charge in [0, 0.05) is 11.0 Å². The summed E-state index contributed by atoms with van der Waals surface area (Å²) in [7, 11) is 0. The van der Waals surface area contributed by atoms with E-state index in [1.54, 1.807) is 0 Å². The van der Waals surface area contributed by atoms with Gasteiger partial charge in [-0.2, -0.15) is 18.0 Å². The summed E-state index contributed by atoms with van der Waals surface area (Å²) in [6, 6.07) is 4.84. The summed E-state index contributed by atoms with van der Waals surface area (Å²) in [5, 5.41) is 12.0. The standard InChI is InChI=1S/C20H21F3N4O/c21-20(22,23)16-3-1-2-15(7-16)18-24-26-27(25-18)11-17(28)19-8-12-4-13(9-19)6-14(5-12)10-19/h1-3,7,12-14H,4-6,8-11H2. The van der Waals surface area contributed by atoms with Gasteiger partial charge in [0.05, 0.1) is 5.56 Å². The Morgan fingerprint density at radius 2 is 1.75 bits per heavy atom. The summed E-state index contributed by atoms with van der Waals surface area (Å²) in [6.07, 6.45) is 2.24. The monoisotopic (exact) mass is 390 g/mol. The Hall–Kier alpha value is -2.25. The van der Waals surface area contributed by atoms with Crippen LogP contribution in [0.4, 0.5) is 13.2 Å². The second-order valence-electron chi connectivity index (χ2n) is 8.84. The minimum absolute atomic E-state index is 0.0398. The van der Waals surface area contributed by atoms with Crippen LogP contribution in [0.2, 0.25) is 0 Å². The molecule has 0 unspecified atom stereocenters. The van der Waals surface area contributed by atoms with Crippen LogP contribution in [0.3, 0.4) is 0 Å². The molecule has 0 spiro atoms. The second-order valence-corrected chi connectivity index (χ2v) is 8.84. The Labute approximate surface area is 160 Å². The van der Waals surface area contributed by atoms with Gasteiger partial charge in [-0.15, -0.1) is 10.2 Å². The van der Waals surface area contributed by atoms with Crippen LogP contribution in [0, 0.1) is 23.2 Å². The van der Waals surface area contributed by atoms with Crippen molar-refractivity contribution in [2.75, 3.05) is 0 Å². The summed E-state index contributed by atoms with van der Waals surface area (Å²) in [5.41, 5.74) is -0.770. The lowest BCUT2D eigenvalue weighted by molar-refractivity contribution is -0.145. The first-order valence-corrected chi connectivity index (χ1v) is 9.79. The van der Waals surface area contributed by atoms with Gasteiger partial charge < -0.3 is 0 Å². The lowest BCUT2D eigenvalue weighted by atomic mass is 9.48. The maximum absolute atomic E-state index is 13.1. The predicted octanol–water partition coefficient (Wildman–Crippen LogP) is 4.14. The molecule has 1 aromatic carbocycles. The summed E-state index contributed by atoms with van der Waals surface area (Å²) < 4.78 is 38.7. The number of tetrazole rings is 1. The number of carbonyl (C=O) groups is 1. The summed E-state index contributed by atoms with van der Waals surface area (Å²) >= 11 is 0.